The maximum atomic E-state index is 11.9. The molecule has 1 fully saturated rings. The molecule has 4 nitrogen and oxygen atoms in total. The van der Waals surface area contributed by atoms with E-state index in [2.05, 4.69) is 18.7 Å². The molecule has 0 saturated carbocycles. The van der Waals surface area contributed by atoms with Gasteiger partial charge in [-0.3, -0.25) is 9.69 Å². The molecule has 0 aliphatic carbocycles. The van der Waals surface area contributed by atoms with Gasteiger partial charge in [-0.15, -0.1) is 0 Å². The van der Waals surface area contributed by atoms with Crippen LogP contribution in [0.2, 0.25) is 0 Å². The van der Waals surface area contributed by atoms with E-state index in [1.54, 1.807) is 0 Å². The predicted molar refractivity (Wildman–Crippen MR) is 76.2 cm³/mol. The summed E-state index contributed by atoms with van der Waals surface area (Å²) in [7, 11) is 0. The Morgan fingerprint density at radius 1 is 1.26 bits per heavy atom. The molecule has 1 aliphatic heterocycles. The highest BCUT2D eigenvalue weighted by Crippen LogP contribution is 2.28. The third kappa shape index (κ3) is 5.49. The van der Waals surface area contributed by atoms with Gasteiger partial charge in [0.05, 0.1) is 26.2 Å². The Bertz CT molecular complexity index is 264. The summed E-state index contributed by atoms with van der Waals surface area (Å²) in [5, 5.41) is 0. The van der Waals surface area contributed by atoms with Crippen LogP contribution in [0.1, 0.15) is 52.9 Å². The Balaban J connectivity index is 2.61. The van der Waals surface area contributed by atoms with Gasteiger partial charge < -0.3 is 9.47 Å². The summed E-state index contributed by atoms with van der Waals surface area (Å²) < 4.78 is 10.6. The Morgan fingerprint density at radius 3 is 2.53 bits per heavy atom. The molecule has 1 unspecified atom stereocenters. The lowest BCUT2D eigenvalue weighted by Crippen LogP contribution is -2.52. The molecule has 1 heterocycles. The largest absolute Gasteiger partial charge is 0.466 e. The molecular weight excluding hydrogens is 242 g/mol. The Kier molecular flexibility index (Phi) is 7.39. The quantitative estimate of drug-likeness (QED) is 0.502. The van der Waals surface area contributed by atoms with Crippen LogP contribution >= 0.6 is 0 Å². The van der Waals surface area contributed by atoms with Crippen LogP contribution in [0.25, 0.3) is 0 Å². The first-order valence-electron chi connectivity index (χ1n) is 7.61. The molecule has 0 radical (unpaired) electrons. The van der Waals surface area contributed by atoms with Gasteiger partial charge in [-0.1, -0.05) is 26.2 Å². The first-order chi connectivity index (χ1) is 9.12. The van der Waals surface area contributed by atoms with Gasteiger partial charge in [0.1, 0.15) is 0 Å². The number of carbonyl (C=O) groups excluding carboxylic acids is 1. The Hall–Kier alpha value is -0.610. The SMILES string of the molecule is CCCCCC(C)(CC(=O)OCC)N1CCOCC1. The summed E-state index contributed by atoms with van der Waals surface area (Å²) >= 11 is 0. The summed E-state index contributed by atoms with van der Waals surface area (Å²) in [6.07, 6.45) is 5.15. The fraction of sp³-hybridized carbons (Fsp3) is 0.933. The van der Waals surface area contributed by atoms with E-state index in [4.69, 9.17) is 9.47 Å². The number of nitrogens with zero attached hydrogens (tertiary/aromatic N) is 1. The number of unbranched alkanes of at least 4 members (excludes halogenated alkanes) is 2. The molecule has 0 aromatic rings. The van der Waals surface area contributed by atoms with Crippen molar-refractivity contribution in [3.8, 4) is 0 Å². The summed E-state index contributed by atoms with van der Waals surface area (Å²) in [4.78, 5) is 14.3. The van der Waals surface area contributed by atoms with Crippen LogP contribution in [0.4, 0.5) is 0 Å². The molecule has 0 aromatic heterocycles. The molecule has 0 bridgehead atoms. The van der Waals surface area contributed by atoms with E-state index >= 15 is 0 Å². The number of hydrogen-bond donors (Lipinski definition) is 0. The topological polar surface area (TPSA) is 38.8 Å². The number of carbonyl (C=O) groups is 1. The van der Waals surface area contributed by atoms with Crippen molar-refractivity contribution in [2.75, 3.05) is 32.9 Å². The van der Waals surface area contributed by atoms with Gasteiger partial charge in [0.2, 0.25) is 0 Å². The van der Waals surface area contributed by atoms with Crippen molar-refractivity contribution < 1.29 is 14.3 Å². The molecular formula is C15H29NO3. The molecule has 19 heavy (non-hydrogen) atoms. The van der Waals surface area contributed by atoms with Crippen molar-refractivity contribution in [3.63, 3.8) is 0 Å². The van der Waals surface area contributed by atoms with Crippen molar-refractivity contribution in [1.82, 2.24) is 4.90 Å². The van der Waals surface area contributed by atoms with Gasteiger partial charge in [0, 0.05) is 18.6 Å². The van der Waals surface area contributed by atoms with Crippen molar-refractivity contribution >= 4 is 5.97 Å². The number of ether oxygens (including phenoxy) is 2. The van der Waals surface area contributed by atoms with Gasteiger partial charge in [0.15, 0.2) is 0 Å². The summed E-state index contributed by atoms with van der Waals surface area (Å²) in [5.41, 5.74) is -0.0782. The van der Waals surface area contributed by atoms with Gasteiger partial charge in [0.25, 0.3) is 0 Å². The third-order valence-corrected chi connectivity index (χ3v) is 3.92. The molecule has 0 spiro atoms. The second kappa shape index (κ2) is 8.54. The smallest absolute Gasteiger partial charge is 0.307 e. The van der Waals surface area contributed by atoms with Crippen LogP contribution in [-0.4, -0.2) is 49.3 Å². The van der Waals surface area contributed by atoms with E-state index in [0.29, 0.717) is 13.0 Å². The highest BCUT2D eigenvalue weighted by molar-refractivity contribution is 5.70. The number of rotatable bonds is 8. The number of morpholine rings is 1. The van der Waals surface area contributed by atoms with Crippen molar-refractivity contribution in [2.45, 2.75) is 58.4 Å². The first kappa shape index (κ1) is 16.4. The fourth-order valence-corrected chi connectivity index (χ4v) is 2.74. The molecule has 1 aliphatic rings. The van der Waals surface area contributed by atoms with Crippen LogP contribution in [-0.2, 0) is 14.3 Å². The van der Waals surface area contributed by atoms with Crippen molar-refractivity contribution in [1.29, 1.82) is 0 Å². The molecule has 0 amide bonds. The third-order valence-electron chi connectivity index (χ3n) is 3.92. The van der Waals surface area contributed by atoms with E-state index in [9.17, 15) is 4.79 Å². The Labute approximate surface area is 117 Å². The zero-order chi connectivity index (χ0) is 14.1. The van der Waals surface area contributed by atoms with Gasteiger partial charge >= 0.3 is 5.97 Å². The average Bonchev–Trinajstić information content (AvgIpc) is 2.40. The highest BCUT2D eigenvalue weighted by Gasteiger charge is 2.35. The van der Waals surface area contributed by atoms with E-state index < -0.39 is 0 Å². The minimum absolute atomic E-state index is 0.0759. The fourth-order valence-electron chi connectivity index (χ4n) is 2.74. The second-order valence-electron chi connectivity index (χ2n) is 5.54. The highest BCUT2D eigenvalue weighted by atomic mass is 16.5. The predicted octanol–water partition coefficient (Wildman–Crippen LogP) is 2.61. The minimum atomic E-state index is -0.0782. The van der Waals surface area contributed by atoms with Crippen molar-refractivity contribution in [2.24, 2.45) is 0 Å². The summed E-state index contributed by atoms with van der Waals surface area (Å²) in [6, 6.07) is 0. The van der Waals surface area contributed by atoms with Gasteiger partial charge in [-0.2, -0.15) is 0 Å². The zero-order valence-electron chi connectivity index (χ0n) is 12.7. The number of hydrogen-bond acceptors (Lipinski definition) is 4. The van der Waals surface area contributed by atoms with E-state index in [0.717, 1.165) is 32.7 Å². The minimum Gasteiger partial charge on any atom is -0.466 e. The zero-order valence-corrected chi connectivity index (χ0v) is 12.7. The molecule has 0 aromatic carbocycles. The lowest BCUT2D eigenvalue weighted by atomic mass is 9.88. The molecule has 1 rings (SSSR count). The van der Waals surface area contributed by atoms with Crippen LogP contribution in [0.3, 0.4) is 0 Å². The molecule has 1 saturated heterocycles. The number of esters is 1. The van der Waals surface area contributed by atoms with Gasteiger partial charge in [-0.25, -0.2) is 0 Å². The lowest BCUT2D eigenvalue weighted by molar-refractivity contribution is -0.147. The Morgan fingerprint density at radius 2 is 1.95 bits per heavy atom. The maximum Gasteiger partial charge on any atom is 0.307 e. The summed E-state index contributed by atoms with van der Waals surface area (Å²) in [5.74, 6) is -0.0759. The lowest BCUT2D eigenvalue weighted by Gasteiger charge is -2.43. The van der Waals surface area contributed by atoms with Gasteiger partial charge in [-0.05, 0) is 20.3 Å². The monoisotopic (exact) mass is 271 g/mol. The summed E-state index contributed by atoms with van der Waals surface area (Å²) in [6.45, 7) is 10.1. The molecule has 4 heteroatoms. The van der Waals surface area contributed by atoms with E-state index in [-0.39, 0.29) is 11.5 Å². The standard InChI is InChI=1S/C15H29NO3/c1-4-6-7-8-15(3,13-14(17)19-5-2)16-9-11-18-12-10-16/h4-13H2,1-3H3. The van der Waals surface area contributed by atoms with Crippen LogP contribution in [0.15, 0.2) is 0 Å². The second-order valence-corrected chi connectivity index (χ2v) is 5.54. The van der Waals surface area contributed by atoms with Crippen molar-refractivity contribution in [3.05, 3.63) is 0 Å². The van der Waals surface area contributed by atoms with E-state index in [1.807, 2.05) is 6.92 Å². The van der Waals surface area contributed by atoms with E-state index in [1.165, 1.54) is 19.3 Å². The molecule has 0 N–H and O–H groups in total. The first-order valence-corrected chi connectivity index (χ1v) is 7.61. The van der Waals surface area contributed by atoms with Crippen LogP contribution in [0.5, 0.6) is 0 Å². The average molecular weight is 271 g/mol. The normalized spacial score (nSPS) is 19.9. The molecule has 112 valence electrons. The maximum absolute atomic E-state index is 11.9. The van der Waals surface area contributed by atoms with Crippen LogP contribution < -0.4 is 0 Å². The van der Waals surface area contributed by atoms with Crippen LogP contribution in [0, 0.1) is 0 Å². The molecule has 1 atom stereocenters.